The van der Waals surface area contributed by atoms with Crippen molar-refractivity contribution in [1.82, 2.24) is 0 Å². The van der Waals surface area contributed by atoms with Crippen molar-refractivity contribution in [3.63, 3.8) is 0 Å². The molecule has 0 radical (unpaired) electrons. The molecule has 1 unspecified atom stereocenters. The molecule has 8 heteroatoms. The van der Waals surface area contributed by atoms with Gasteiger partial charge in [-0.05, 0) is 54.9 Å². The van der Waals surface area contributed by atoms with Gasteiger partial charge < -0.3 is 4.74 Å². The summed E-state index contributed by atoms with van der Waals surface area (Å²) in [6, 6.07) is 10.9. The zero-order valence-corrected chi connectivity index (χ0v) is 16.3. The first-order chi connectivity index (χ1) is 12.3. The summed E-state index contributed by atoms with van der Waals surface area (Å²) in [4.78, 5) is 11.7. The highest BCUT2D eigenvalue weighted by atomic mass is 35.5. The maximum absolute atomic E-state index is 13.1. The lowest BCUT2D eigenvalue weighted by atomic mass is 10.2. The van der Waals surface area contributed by atoms with Crippen LogP contribution < -0.4 is 9.04 Å². The van der Waals surface area contributed by atoms with E-state index in [1.165, 1.54) is 37.3 Å². The molecule has 0 aliphatic rings. The lowest BCUT2D eigenvalue weighted by molar-refractivity contribution is -0.112. The molecule has 0 fully saturated rings. The number of carbonyl (C=O) groups is 1. The van der Waals surface area contributed by atoms with Crippen molar-refractivity contribution in [2.45, 2.75) is 17.9 Å². The van der Waals surface area contributed by atoms with Crippen molar-refractivity contribution >= 4 is 44.2 Å². The Hall–Kier alpha value is -2.02. The molecule has 26 heavy (non-hydrogen) atoms. The van der Waals surface area contributed by atoms with Crippen molar-refractivity contribution in [3.05, 3.63) is 66.2 Å². The third-order valence-electron chi connectivity index (χ3n) is 3.49. The zero-order valence-electron chi connectivity index (χ0n) is 13.9. The van der Waals surface area contributed by atoms with Crippen molar-refractivity contribution in [3.8, 4) is 5.75 Å². The molecule has 2 aromatic carbocycles. The highest BCUT2D eigenvalue weighted by Gasteiger charge is 2.33. The molecule has 0 saturated heterocycles. The molecule has 0 bridgehead atoms. The van der Waals surface area contributed by atoms with Crippen LogP contribution in [-0.2, 0) is 14.8 Å². The van der Waals surface area contributed by atoms with Crippen LogP contribution in [0.1, 0.15) is 6.92 Å². The molecule has 5 nitrogen and oxygen atoms in total. The smallest absolute Gasteiger partial charge is 0.265 e. The van der Waals surface area contributed by atoms with Gasteiger partial charge in [0.05, 0.1) is 10.6 Å². The molecule has 0 N–H and O–H groups in total. The molecule has 1 atom stereocenters. The Balaban J connectivity index is 2.55. The SMILES string of the molecule is C=CCOc1cccc(N(C(C)C(=O)Cl)S(=O)(=O)c2ccc(Cl)cc2)c1. The number of halogens is 2. The van der Waals surface area contributed by atoms with Gasteiger partial charge in [0.2, 0.25) is 5.24 Å². The minimum atomic E-state index is -4.06. The number of benzene rings is 2. The summed E-state index contributed by atoms with van der Waals surface area (Å²) >= 11 is 11.4. The molecule has 138 valence electrons. The van der Waals surface area contributed by atoms with Gasteiger partial charge in [0.25, 0.3) is 10.0 Å². The van der Waals surface area contributed by atoms with Crippen LogP contribution in [0.3, 0.4) is 0 Å². The van der Waals surface area contributed by atoms with Crippen LogP contribution in [0.5, 0.6) is 5.75 Å². The van der Waals surface area contributed by atoms with E-state index in [4.69, 9.17) is 27.9 Å². The number of hydrogen-bond donors (Lipinski definition) is 0. The Labute approximate surface area is 162 Å². The van der Waals surface area contributed by atoms with Gasteiger partial charge in [-0.3, -0.25) is 9.10 Å². The highest BCUT2D eigenvalue weighted by molar-refractivity contribution is 7.93. The maximum atomic E-state index is 13.1. The minimum Gasteiger partial charge on any atom is -0.489 e. The fourth-order valence-electron chi connectivity index (χ4n) is 2.25. The van der Waals surface area contributed by atoms with Crippen molar-refractivity contribution in [1.29, 1.82) is 0 Å². The van der Waals surface area contributed by atoms with E-state index in [-0.39, 0.29) is 17.2 Å². The number of carbonyl (C=O) groups excluding carboxylic acids is 1. The van der Waals surface area contributed by atoms with E-state index >= 15 is 0 Å². The number of nitrogens with zero attached hydrogens (tertiary/aromatic N) is 1. The topological polar surface area (TPSA) is 63.7 Å². The van der Waals surface area contributed by atoms with E-state index in [1.54, 1.807) is 24.3 Å². The van der Waals surface area contributed by atoms with E-state index in [0.29, 0.717) is 10.8 Å². The van der Waals surface area contributed by atoms with Crippen LogP contribution in [0, 0.1) is 0 Å². The van der Waals surface area contributed by atoms with Crippen molar-refractivity contribution in [2.24, 2.45) is 0 Å². The standard InChI is InChI=1S/C18H17Cl2NO4S/c1-3-11-25-16-6-4-5-15(12-16)21(13(2)18(20)22)26(23,24)17-9-7-14(19)8-10-17/h3-10,12-13H,1,11H2,2H3. The summed E-state index contributed by atoms with van der Waals surface area (Å²) in [6.07, 6.45) is 1.57. The Kier molecular flexibility index (Phi) is 6.69. The van der Waals surface area contributed by atoms with Gasteiger partial charge in [0.1, 0.15) is 18.4 Å². The molecule has 0 aliphatic heterocycles. The highest BCUT2D eigenvalue weighted by Crippen LogP contribution is 2.30. The first-order valence-electron chi connectivity index (χ1n) is 7.60. The molecule has 0 aliphatic carbocycles. The largest absolute Gasteiger partial charge is 0.489 e. The molecule has 2 aromatic rings. The fourth-order valence-corrected chi connectivity index (χ4v) is 4.14. The molecule has 0 heterocycles. The van der Waals surface area contributed by atoms with Gasteiger partial charge in [-0.2, -0.15) is 0 Å². The van der Waals surface area contributed by atoms with Gasteiger partial charge in [-0.15, -0.1) is 0 Å². The number of anilines is 1. The summed E-state index contributed by atoms with van der Waals surface area (Å²) in [6.45, 7) is 5.24. The van der Waals surface area contributed by atoms with Crippen LogP contribution in [0.15, 0.2) is 66.1 Å². The average molecular weight is 414 g/mol. The molecular weight excluding hydrogens is 397 g/mol. The summed E-state index contributed by atoms with van der Waals surface area (Å²) in [5, 5.41) is -0.406. The van der Waals surface area contributed by atoms with Crippen molar-refractivity contribution in [2.75, 3.05) is 10.9 Å². The quantitative estimate of drug-likeness (QED) is 0.479. The normalized spacial score (nSPS) is 12.3. The lowest BCUT2D eigenvalue weighted by Crippen LogP contribution is -2.42. The third-order valence-corrected chi connectivity index (χ3v) is 5.97. The van der Waals surface area contributed by atoms with E-state index in [0.717, 1.165) is 4.31 Å². The van der Waals surface area contributed by atoms with E-state index in [2.05, 4.69) is 6.58 Å². The Morgan fingerprint density at radius 2 is 1.92 bits per heavy atom. The van der Waals surface area contributed by atoms with Gasteiger partial charge in [0.15, 0.2) is 0 Å². The molecular formula is C18H17Cl2NO4S. The fraction of sp³-hybridized carbons (Fsp3) is 0.167. The molecule has 0 aromatic heterocycles. The summed E-state index contributed by atoms with van der Waals surface area (Å²) < 4.78 is 32.7. The second-order valence-electron chi connectivity index (χ2n) is 5.33. The predicted molar refractivity (Wildman–Crippen MR) is 104 cm³/mol. The number of ether oxygens (including phenoxy) is 1. The molecule has 0 saturated carbocycles. The third kappa shape index (κ3) is 4.58. The summed E-state index contributed by atoms with van der Waals surface area (Å²) in [5.41, 5.74) is 0.253. The summed E-state index contributed by atoms with van der Waals surface area (Å²) in [7, 11) is -4.06. The Bertz CT molecular complexity index is 898. The minimum absolute atomic E-state index is 0.0101. The van der Waals surface area contributed by atoms with Gasteiger partial charge in [-0.25, -0.2) is 8.42 Å². The lowest BCUT2D eigenvalue weighted by Gasteiger charge is -2.28. The monoisotopic (exact) mass is 413 g/mol. The van der Waals surface area contributed by atoms with Crippen molar-refractivity contribution < 1.29 is 17.9 Å². The van der Waals surface area contributed by atoms with E-state index in [9.17, 15) is 13.2 Å². The van der Waals surface area contributed by atoms with Crippen LogP contribution in [0.2, 0.25) is 5.02 Å². The number of rotatable bonds is 8. The molecule has 2 rings (SSSR count). The molecule has 0 spiro atoms. The van der Waals surface area contributed by atoms with Crippen LogP contribution in [0.25, 0.3) is 0 Å². The zero-order chi connectivity index (χ0) is 19.3. The first kappa shape index (κ1) is 20.3. The number of sulfonamides is 1. The summed E-state index contributed by atoms with van der Waals surface area (Å²) in [5.74, 6) is 0.438. The van der Waals surface area contributed by atoms with Gasteiger partial charge in [0, 0.05) is 11.1 Å². The molecule has 0 amide bonds. The Morgan fingerprint density at radius 1 is 1.27 bits per heavy atom. The Morgan fingerprint density at radius 3 is 2.50 bits per heavy atom. The van der Waals surface area contributed by atoms with Crippen LogP contribution in [-0.4, -0.2) is 26.3 Å². The van der Waals surface area contributed by atoms with Gasteiger partial charge in [-0.1, -0.05) is 30.3 Å². The second kappa shape index (κ2) is 8.58. The van der Waals surface area contributed by atoms with E-state index in [1.807, 2.05) is 0 Å². The predicted octanol–water partition coefficient (Wildman–Crippen LogP) is 4.25. The van der Waals surface area contributed by atoms with Crippen LogP contribution >= 0.6 is 23.2 Å². The first-order valence-corrected chi connectivity index (χ1v) is 9.80. The number of hydrogen-bond acceptors (Lipinski definition) is 4. The van der Waals surface area contributed by atoms with Crippen LogP contribution in [0.4, 0.5) is 5.69 Å². The maximum Gasteiger partial charge on any atom is 0.265 e. The van der Waals surface area contributed by atoms with E-state index < -0.39 is 21.3 Å². The average Bonchev–Trinajstić information content (AvgIpc) is 2.60. The second-order valence-corrected chi connectivity index (χ2v) is 7.96. The van der Waals surface area contributed by atoms with Gasteiger partial charge >= 0.3 is 0 Å².